The molecule has 0 aliphatic heterocycles. The van der Waals surface area contributed by atoms with Crippen LogP contribution in [0.2, 0.25) is 5.02 Å². The molecule has 1 aromatic heterocycles. The molecule has 9 heteroatoms. The second kappa shape index (κ2) is 7.44. The minimum absolute atomic E-state index is 0.0507. The van der Waals surface area contributed by atoms with Crippen molar-refractivity contribution in [3.63, 3.8) is 0 Å². The van der Waals surface area contributed by atoms with Crippen LogP contribution in [0.25, 0.3) is 11.3 Å². The lowest BCUT2D eigenvalue weighted by atomic mass is 10.0. The SMILES string of the molecule is Cc1ccccc1-c1nc(NS(=O)(=O)c2ccccc2)cc(Cl)c1C(F)(F)F. The van der Waals surface area contributed by atoms with E-state index in [-0.39, 0.29) is 16.3 Å². The minimum atomic E-state index is -4.77. The van der Waals surface area contributed by atoms with Crippen LogP contribution in [0.4, 0.5) is 19.0 Å². The Morgan fingerprint density at radius 3 is 2.21 bits per heavy atom. The zero-order valence-electron chi connectivity index (χ0n) is 14.5. The van der Waals surface area contributed by atoms with Crippen molar-refractivity contribution in [3.05, 3.63) is 76.8 Å². The fraction of sp³-hybridized carbons (Fsp3) is 0.105. The van der Waals surface area contributed by atoms with Crippen LogP contribution in [0.15, 0.2) is 65.6 Å². The van der Waals surface area contributed by atoms with E-state index < -0.39 is 32.5 Å². The van der Waals surface area contributed by atoms with Crippen LogP contribution in [0.5, 0.6) is 0 Å². The Balaban J connectivity index is 2.17. The van der Waals surface area contributed by atoms with Gasteiger partial charge < -0.3 is 0 Å². The molecule has 0 aliphatic carbocycles. The molecule has 0 fully saturated rings. The fourth-order valence-corrected chi connectivity index (χ4v) is 3.98. The zero-order valence-corrected chi connectivity index (χ0v) is 16.0. The van der Waals surface area contributed by atoms with Gasteiger partial charge in [-0.2, -0.15) is 13.2 Å². The first-order valence-electron chi connectivity index (χ1n) is 8.01. The van der Waals surface area contributed by atoms with E-state index in [0.29, 0.717) is 5.56 Å². The van der Waals surface area contributed by atoms with Crippen molar-refractivity contribution in [1.29, 1.82) is 0 Å². The lowest BCUT2D eigenvalue weighted by Crippen LogP contribution is -2.16. The molecule has 0 saturated heterocycles. The Morgan fingerprint density at radius 2 is 1.61 bits per heavy atom. The minimum Gasteiger partial charge on any atom is -0.263 e. The van der Waals surface area contributed by atoms with Crippen molar-refractivity contribution in [2.45, 2.75) is 18.0 Å². The number of rotatable bonds is 4. The van der Waals surface area contributed by atoms with Gasteiger partial charge in [-0.15, -0.1) is 0 Å². The normalized spacial score (nSPS) is 12.0. The number of pyridine rings is 1. The van der Waals surface area contributed by atoms with Crippen molar-refractivity contribution < 1.29 is 21.6 Å². The summed E-state index contributed by atoms with van der Waals surface area (Å²) >= 11 is 5.90. The molecule has 0 spiro atoms. The van der Waals surface area contributed by atoms with E-state index in [0.717, 1.165) is 6.07 Å². The van der Waals surface area contributed by atoms with Crippen molar-refractivity contribution in [3.8, 4) is 11.3 Å². The summed E-state index contributed by atoms with van der Waals surface area (Å²) < 4.78 is 68.0. The highest BCUT2D eigenvalue weighted by molar-refractivity contribution is 7.92. The second-order valence-corrected chi connectivity index (χ2v) is 8.03. The number of sulfonamides is 1. The van der Waals surface area contributed by atoms with Gasteiger partial charge in [-0.25, -0.2) is 13.4 Å². The van der Waals surface area contributed by atoms with Gasteiger partial charge in [0.15, 0.2) is 0 Å². The molecular formula is C19H14ClF3N2O2S. The van der Waals surface area contributed by atoms with E-state index in [1.165, 1.54) is 30.3 Å². The number of anilines is 1. The van der Waals surface area contributed by atoms with Crippen molar-refractivity contribution in [2.24, 2.45) is 0 Å². The predicted molar refractivity (Wildman–Crippen MR) is 102 cm³/mol. The molecule has 0 bridgehead atoms. The number of hydrogen-bond donors (Lipinski definition) is 1. The van der Waals surface area contributed by atoms with Crippen LogP contribution in [-0.2, 0) is 16.2 Å². The van der Waals surface area contributed by atoms with Gasteiger partial charge in [-0.3, -0.25) is 4.72 Å². The summed E-state index contributed by atoms with van der Waals surface area (Å²) in [6, 6.07) is 14.6. The summed E-state index contributed by atoms with van der Waals surface area (Å²) in [4.78, 5) is 3.90. The molecule has 0 saturated carbocycles. The van der Waals surface area contributed by atoms with E-state index in [2.05, 4.69) is 9.71 Å². The Morgan fingerprint density at radius 1 is 1.00 bits per heavy atom. The van der Waals surface area contributed by atoms with Crippen LogP contribution in [0.1, 0.15) is 11.1 Å². The second-order valence-electron chi connectivity index (χ2n) is 5.94. The molecular weight excluding hydrogens is 413 g/mol. The van der Waals surface area contributed by atoms with E-state index in [9.17, 15) is 21.6 Å². The van der Waals surface area contributed by atoms with Crippen LogP contribution < -0.4 is 4.72 Å². The van der Waals surface area contributed by atoms with Crippen molar-refractivity contribution >= 4 is 27.4 Å². The van der Waals surface area contributed by atoms with E-state index in [4.69, 9.17) is 11.6 Å². The molecule has 28 heavy (non-hydrogen) atoms. The number of hydrogen-bond acceptors (Lipinski definition) is 3. The smallest absolute Gasteiger partial charge is 0.263 e. The number of alkyl halides is 3. The Kier molecular flexibility index (Phi) is 5.36. The standard InChI is InChI=1S/C19H14ClF3N2O2S/c1-12-7-5-6-10-14(12)18-17(19(21,22)23)15(20)11-16(24-18)25-28(26,27)13-8-3-2-4-9-13/h2-11H,1H3,(H,24,25). The van der Waals surface area contributed by atoms with Crippen LogP contribution in [-0.4, -0.2) is 13.4 Å². The Bertz CT molecular complexity index is 1120. The monoisotopic (exact) mass is 426 g/mol. The van der Waals surface area contributed by atoms with E-state index in [1.807, 2.05) is 0 Å². The fourth-order valence-electron chi connectivity index (χ4n) is 2.67. The maximum Gasteiger partial charge on any atom is 0.419 e. The number of halogens is 4. The van der Waals surface area contributed by atoms with Crippen LogP contribution in [0.3, 0.4) is 0 Å². The average Bonchev–Trinajstić information content (AvgIpc) is 2.61. The highest BCUT2D eigenvalue weighted by atomic mass is 35.5. The van der Waals surface area contributed by atoms with Crippen LogP contribution in [0, 0.1) is 6.92 Å². The molecule has 0 unspecified atom stereocenters. The molecule has 3 aromatic rings. The maximum atomic E-state index is 13.6. The Hall–Kier alpha value is -2.58. The first-order valence-corrected chi connectivity index (χ1v) is 9.87. The van der Waals surface area contributed by atoms with Crippen molar-refractivity contribution in [2.75, 3.05) is 4.72 Å². The van der Waals surface area contributed by atoms with E-state index in [1.54, 1.807) is 31.2 Å². The first kappa shape index (κ1) is 20.2. The lowest BCUT2D eigenvalue weighted by Gasteiger charge is -2.17. The maximum absolute atomic E-state index is 13.6. The number of nitrogens with zero attached hydrogens (tertiary/aromatic N) is 1. The predicted octanol–water partition coefficient (Wildman–Crippen LogP) is 5.53. The largest absolute Gasteiger partial charge is 0.419 e. The molecule has 1 N–H and O–H groups in total. The number of benzene rings is 2. The van der Waals surface area contributed by atoms with Gasteiger partial charge in [0.2, 0.25) is 0 Å². The number of aryl methyl sites for hydroxylation is 1. The van der Waals surface area contributed by atoms with Gasteiger partial charge in [0.25, 0.3) is 10.0 Å². The quantitative estimate of drug-likeness (QED) is 0.596. The summed E-state index contributed by atoms with van der Waals surface area (Å²) in [5.41, 5.74) is -0.813. The highest BCUT2D eigenvalue weighted by Gasteiger charge is 2.38. The molecule has 4 nitrogen and oxygen atoms in total. The van der Waals surface area contributed by atoms with Gasteiger partial charge in [-0.05, 0) is 24.6 Å². The molecule has 0 radical (unpaired) electrons. The third-order valence-electron chi connectivity index (χ3n) is 3.95. The molecule has 146 valence electrons. The molecule has 1 heterocycles. The van der Waals surface area contributed by atoms with Crippen molar-refractivity contribution in [1.82, 2.24) is 4.98 Å². The summed E-state index contributed by atoms with van der Waals surface area (Å²) in [6.45, 7) is 1.63. The third kappa shape index (κ3) is 4.13. The Labute approximate surface area is 165 Å². The first-order chi connectivity index (χ1) is 13.1. The number of aromatic nitrogens is 1. The summed E-state index contributed by atoms with van der Waals surface area (Å²) in [7, 11) is -4.04. The molecule has 3 rings (SSSR count). The summed E-state index contributed by atoms with van der Waals surface area (Å²) in [5, 5.41) is -0.647. The van der Waals surface area contributed by atoms with Gasteiger partial charge in [-0.1, -0.05) is 54.1 Å². The van der Waals surface area contributed by atoms with Gasteiger partial charge in [0.1, 0.15) is 11.4 Å². The van der Waals surface area contributed by atoms with E-state index >= 15 is 0 Å². The van der Waals surface area contributed by atoms with Crippen LogP contribution >= 0.6 is 11.6 Å². The average molecular weight is 427 g/mol. The zero-order chi connectivity index (χ0) is 20.5. The topological polar surface area (TPSA) is 59.1 Å². The van der Waals surface area contributed by atoms with Gasteiger partial charge >= 0.3 is 6.18 Å². The molecule has 2 aromatic carbocycles. The molecule has 0 amide bonds. The summed E-state index contributed by atoms with van der Waals surface area (Å²) in [5.74, 6) is -0.305. The lowest BCUT2D eigenvalue weighted by molar-refractivity contribution is -0.137. The molecule has 0 atom stereocenters. The third-order valence-corrected chi connectivity index (χ3v) is 5.62. The summed E-state index contributed by atoms with van der Waals surface area (Å²) in [6.07, 6.45) is -4.77. The van der Waals surface area contributed by atoms with Gasteiger partial charge in [0.05, 0.1) is 15.6 Å². The molecule has 0 aliphatic rings. The van der Waals surface area contributed by atoms with Gasteiger partial charge in [0, 0.05) is 11.6 Å². The highest BCUT2D eigenvalue weighted by Crippen LogP contribution is 2.42. The number of nitrogens with one attached hydrogen (secondary N) is 1.